The van der Waals surface area contributed by atoms with Crippen LogP contribution in [0.4, 0.5) is 5.95 Å². The van der Waals surface area contributed by atoms with Crippen LogP contribution in [0.1, 0.15) is 50.5 Å². The number of carbonyl (C=O) groups is 1. The third kappa shape index (κ3) is 3.56. The maximum atomic E-state index is 13.3. The van der Waals surface area contributed by atoms with Crippen LogP contribution in [0.5, 0.6) is 0 Å². The predicted molar refractivity (Wildman–Crippen MR) is 122 cm³/mol. The van der Waals surface area contributed by atoms with Gasteiger partial charge in [-0.3, -0.25) is 9.36 Å². The molecular formula is C26H34N4O. The number of rotatable bonds is 4. The summed E-state index contributed by atoms with van der Waals surface area (Å²) < 4.78 is 2.16. The SMILES string of the molecule is Cc1ccc(-n2ccnc2N2CCN(C(=O)CC34CC5CC(CC(C5)C3)C4)CC2)cc1. The molecule has 0 spiro atoms. The van der Waals surface area contributed by atoms with Crippen molar-refractivity contribution in [2.24, 2.45) is 23.2 Å². The Balaban J connectivity index is 1.10. The van der Waals surface area contributed by atoms with Crippen molar-refractivity contribution in [3.05, 3.63) is 42.2 Å². The summed E-state index contributed by atoms with van der Waals surface area (Å²) >= 11 is 0. The van der Waals surface area contributed by atoms with E-state index in [0.29, 0.717) is 11.3 Å². The van der Waals surface area contributed by atoms with E-state index in [1.807, 2.05) is 12.4 Å². The summed E-state index contributed by atoms with van der Waals surface area (Å²) in [5.74, 6) is 4.13. The molecule has 2 aromatic rings. The first kappa shape index (κ1) is 19.4. The number of anilines is 1. The van der Waals surface area contributed by atoms with Gasteiger partial charge in [0.05, 0.1) is 0 Å². The highest BCUT2D eigenvalue weighted by atomic mass is 16.2. The third-order valence-electron chi connectivity index (χ3n) is 8.54. The minimum Gasteiger partial charge on any atom is -0.339 e. The molecule has 164 valence electrons. The summed E-state index contributed by atoms with van der Waals surface area (Å²) in [4.78, 5) is 22.4. The molecule has 31 heavy (non-hydrogen) atoms. The summed E-state index contributed by atoms with van der Waals surface area (Å²) in [6.45, 7) is 5.45. The second-order valence-electron chi connectivity index (χ2n) is 10.9. The van der Waals surface area contributed by atoms with Crippen LogP contribution >= 0.6 is 0 Å². The molecule has 0 radical (unpaired) electrons. The Bertz CT molecular complexity index is 919. The summed E-state index contributed by atoms with van der Waals surface area (Å²) in [5, 5.41) is 0. The lowest BCUT2D eigenvalue weighted by Gasteiger charge is -2.57. The van der Waals surface area contributed by atoms with Crippen LogP contribution in [-0.4, -0.2) is 46.5 Å². The molecule has 4 aliphatic carbocycles. The van der Waals surface area contributed by atoms with Crippen molar-refractivity contribution in [1.82, 2.24) is 14.5 Å². The van der Waals surface area contributed by atoms with Gasteiger partial charge in [-0.05, 0) is 80.8 Å². The number of piperazine rings is 1. The average molecular weight is 419 g/mol. The maximum Gasteiger partial charge on any atom is 0.223 e. The molecule has 1 aliphatic heterocycles. The maximum absolute atomic E-state index is 13.3. The van der Waals surface area contributed by atoms with Gasteiger partial charge in [0, 0.05) is 50.7 Å². The molecule has 4 saturated carbocycles. The van der Waals surface area contributed by atoms with E-state index >= 15 is 0 Å². The van der Waals surface area contributed by atoms with Crippen LogP contribution in [0, 0.1) is 30.1 Å². The molecule has 5 nitrogen and oxygen atoms in total. The molecule has 0 N–H and O–H groups in total. The second-order valence-corrected chi connectivity index (χ2v) is 10.9. The largest absolute Gasteiger partial charge is 0.339 e. The summed E-state index contributed by atoms with van der Waals surface area (Å²) in [6, 6.07) is 8.57. The minimum atomic E-state index is 0.338. The van der Waals surface area contributed by atoms with E-state index in [4.69, 9.17) is 0 Å². The van der Waals surface area contributed by atoms with Gasteiger partial charge in [-0.15, -0.1) is 0 Å². The molecule has 1 saturated heterocycles. The first-order chi connectivity index (χ1) is 15.1. The van der Waals surface area contributed by atoms with Gasteiger partial charge in [0.15, 0.2) is 0 Å². The van der Waals surface area contributed by atoms with Gasteiger partial charge in [-0.2, -0.15) is 0 Å². The van der Waals surface area contributed by atoms with E-state index in [2.05, 4.69) is 50.5 Å². The van der Waals surface area contributed by atoms with E-state index in [-0.39, 0.29) is 0 Å². The van der Waals surface area contributed by atoms with Crippen molar-refractivity contribution >= 4 is 11.9 Å². The third-order valence-corrected chi connectivity index (χ3v) is 8.54. The van der Waals surface area contributed by atoms with E-state index in [1.165, 1.54) is 44.1 Å². The number of carbonyl (C=O) groups excluding carboxylic acids is 1. The molecule has 5 aliphatic rings. The van der Waals surface area contributed by atoms with E-state index in [0.717, 1.165) is 62.0 Å². The standard InChI is InChI=1S/C26H34N4O/c1-19-2-4-23(5-3-19)30-7-6-27-25(30)29-10-8-28(9-11-29)24(31)18-26-15-20-12-21(16-26)14-22(13-20)17-26/h2-7,20-22H,8-18H2,1H3. The highest BCUT2D eigenvalue weighted by Gasteiger charge is 2.51. The topological polar surface area (TPSA) is 41.4 Å². The highest BCUT2D eigenvalue weighted by molar-refractivity contribution is 5.77. The number of aryl methyl sites for hydroxylation is 1. The smallest absolute Gasteiger partial charge is 0.223 e. The van der Waals surface area contributed by atoms with Crippen LogP contribution in [-0.2, 0) is 4.79 Å². The fourth-order valence-electron chi connectivity index (χ4n) is 7.53. The Morgan fingerprint density at radius 1 is 0.968 bits per heavy atom. The van der Waals surface area contributed by atoms with Crippen molar-refractivity contribution in [3.63, 3.8) is 0 Å². The molecule has 7 rings (SSSR count). The van der Waals surface area contributed by atoms with Crippen molar-refractivity contribution in [2.75, 3.05) is 31.1 Å². The monoisotopic (exact) mass is 418 g/mol. The van der Waals surface area contributed by atoms with Crippen molar-refractivity contribution in [2.45, 2.75) is 51.9 Å². The molecule has 2 heterocycles. The quantitative estimate of drug-likeness (QED) is 0.737. The zero-order valence-electron chi connectivity index (χ0n) is 18.7. The minimum absolute atomic E-state index is 0.338. The molecule has 1 aromatic heterocycles. The Labute approximate surface area is 185 Å². The Kier molecular flexibility index (Phi) is 4.62. The molecule has 1 amide bonds. The lowest BCUT2D eigenvalue weighted by molar-refractivity contribution is -0.139. The summed E-state index contributed by atoms with van der Waals surface area (Å²) in [7, 11) is 0. The van der Waals surface area contributed by atoms with Crippen LogP contribution in [0.3, 0.4) is 0 Å². The zero-order valence-corrected chi connectivity index (χ0v) is 18.7. The van der Waals surface area contributed by atoms with Crippen LogP contribution in [0.15, 0.2) is 36.7 Å². The second kappa shape index (κ2) is 7.39. The fraction of sp³-hybridized carbons (Fsp3) is 0.615. The van der Waals surface area contributed by atoms with Gasteiger partial charge in [0.2, 0.25) is 11.9 Å². The molecule has 0 unspecified atom stereocenters. The lowest BCUT2D eigenvalue weighted by atomic mass is 9.49. The lowest BCUT2D eigenvalue weighted by Crippen LogP contribution is -2.52. The average Bonchev–Trinajstić information content (AvgIpc) is 3.23. The summed E-state index contributed by atoms with van der Waals surface area (Å²) in [6.07, 6.45) is 13.0. The molecule has 5 heteroatoms. The van der Waals surface area contributed by atoms with Gasteiger partial charge < -0.3 is 9.80 Å². The number of aromatic nitrogens is 2. The van der Waals surface area contributed by atoms with Crippen molar-refractivity contribution in [3.8, 4) is 5.69 Å². The highest BCUT2D eigenvalue weighted by Crippen LogP contribution is 2.61. The number of hydrogen-bond donors (Lipinski definition) is 0. The fourth-order valence-corrected chi connectivity index (χ4v) is 7.53. The van der Waals surface area contributed by atoms with Crippen LogP contribution in [0.2, 0.25) is 0 Å². The molecule has 5 fully saturated rings. The van der Waals surface area contributed by atoms with Crippen molar-refractivity contribution in [1.29, 1.82) is 0 Å². The first-order valence-electron chi connectivity index (χ1n) is 12.2. The van der Waals surface area contributed by atoms with Gasteiger partial charge in [0.25, 0.3) is 0 Å². The van der Waals surface area contributed by atoms with Crippen LogP contribution < -0.4 is 4.90 Å². The molecule has 4 bridgehead atoms. The van der Waals surface area contributed by atoms with Crippen molar-refractivity contribution < 1.29 is 4.79 Å². The van der Waals surface area contributed by atoms with Gasteiger partial charge in [0.1, 0.15) is 0 Å². The molecule has 1 aromatic carbocycles. The predicted octanol–water partition coefficient (Wildman–Crippen LogP) is 4.44. The number of imidazole rings is 1. The van der Waals surface area contributed by atoms with E-state index in [1.54, 1.807) is 0 Å². The summed E-state index contributed by atoms with van der Waals surface area (Å²) in [5.41, 5.74) is 2.74. The van der Waals surface area contributed by atoms with E-state index < -0.39 is 0 Å². The van der Waals surface area contributed by atoms with E-state index in [9.17, 15) is 4.79 Å². The first-order valence-corrected chi connectivity index (χ1v) is 12.2. The number of amides is 1. The van der Waals surface area contributed by atoms with Gasteiger partial charge >= 0.3 is 0 Å². The molecular weight excluding hydrogens is 384 g/mol. The number of hydrogen-bond acceptors (Lipinski definition) is 3. The van der Waals surface area contributed by atoms with Crippen LogP contribution in [0.25, 0.3) is 5.69 Å². The van der Waals surface area contributed by atoms with Gasteiger partial charge in [-0.25, -0.2) is 4.98 Å². The molecule has 0 atom stereocenters. The zero-order chi connectivity index (χ0) is 21.0. The van der Waals surface area contributed by atoms with Gasteiger partial charge in [-0.1, -0.05) is 17.7 Å². The Hall–Kier alpha value is -2.30. The Morgan fingerprint density at radius 3 is 2.19 bits per heavy atom. The number of benzene rings is 1. The Morgan fingerprint density at radius 2 is 1.58 bits per heavy atom. The normalized spacial score (nSPS) is 32.0. The number of nitrogens with zero attached hydrogens (tertiary/aromatic N) is 4.